The quantitative estimate of drug-likeness (QED) is 0.213. The summed E-state index contributed by atoms with van der Waals surface area (Å²) in [5, 5.41) is 3.46. The summed E-state index contributed by atoms with van der Waals surface area (Å²) in [5.74, 6) is -2.88. The number of cyclic esters (lactones) is 2. The largest absolute Gasteiger partial charge is 0.489 e. The monoisotopic (exact) mass is 590 g/mol. The van der Waals surface area contributed by atoms with Crippen molar-refractivity contribution in [2.45, 2.75) is 37.7 Å². The van der Waals surface area contributed by atoms with Crippen molar-refractivity contribution in [3.63, 3.8) is 0 Å². The van der Waals surface area contributed by atoms with Gasteiger partial charge in [0.05, 0.1) is 6.04 Å². The van der Waals surface area contributed by atoms with Gasteiger partial charge >= 0.3 is 11.9 Å². The molecule has 4 aromatic rings. The van der Waals surface area contributed by atoms with E-state index in [9.17, 15) is 14.4 Å². The molecule has 0 aliphatic carbocycles. The highest BCUT2D eigenvalue weighted by Gasteiger charge is 2.47. The number of hydrogen-bond donors (Lipinski definition) is 2. The van der Waals surface area contributed by atoms with Crippen molar-refractivity contribution in [2.24, 2.45) is 5.73 Å². The molecule has 8 heteroatoms. The third kappa shape index (κ3) is 7.22. The van der Waals surface area contributed by atoms with E-state index in [0.29, 0.717) is 23.4 Å². The van der Waals surface area contributed by atoms with E-state index in [1.807, 2.05) is 43.3 Å². The molecule has 1 unspecified atom stereocenters. The summed E-state index contributed by atoms with van der Waals surface area (Å²) >= 11 is 0. The average Bonchev–Trinajstić information content (AvgIpc) is 3.21. The van der Waals surface area contributed by atoms with Crippen LogP contribution in [0, 0.1) is 0 Å². The van der Waals surface area contributed by atoms with E-state index in [2.05, 4.69) is 29.6 Å². The maximum Gasteiger partial charge on any atom is 0.334 e. The zero-order valence-electron chi connectivity index (χ0n) is 24.3. The van der Waals surface area contributed by atoms with Crippen molar-refractivity contribution in [3.8, 4) is 5.75 Å². The number of amides is 1. The van der Waals surface area contributed by atoms with Gasteiger partial charge in [0.25, 0.3) is 5.79 Å². The van der Waals surface area contributed by atoms with E-state index in [1.165, 1.54) is 11.1 Å². The lowest BCUT2D eigenvalue weighted by atomic mass is 9.88. The Hall–Kier alpha value is -5.21. The first-order chi connectivity index (χ1) is 21.3. The fraction of sp³-hybridized carbons (Fsp3) is 0.194. The highest BCUT2D eigenvalue weighted by atomic mass is 16.7. The lowest BCUT2D eigenvalue weighted by Crippen LogP contribution is -2.52. The highest BCUT2D eigenvalue weighted by molar-refractivity contribution is 5.93. The van der Waals surface area contributed by atoms with Crippen LogP contribution in [-0.2, 0) is 31.5 Å². The van der Waals surface area contributed by atoms with Crippen LogP contribution >= 0.6 is 0 Å². The average molecular weight is 591 g/mol. The molecular formula is C36H34N2O6. The third-order valence-electron chi connectivity index (χ3n) is 7.62. The number of esters is 2. The molecule has 1 amide bonds. The Morgan fingerprint density at radius 1 is 0.795 bits per heavy atom. The Kier molecular flexibility index (Phi) is 9.52. The standard InChI is InChI=1S/C36H34N2O6/c1-25(38-23-22-32(27-8-4-2-5-9-27)28-10-6-3-7-11-28)36(43-33(39)20-21-34(40)44-36)30-16-18-31(19-17-30)42-24-26-12-14-29(15-13-26)35(37)41/h2-21,25,32,38H,22-24H2,1H3,(H2,37,41). The van der Waals surface area contributed by atoms with Crippen LogP contribution in [0.25, 0.3) is 0 Å². The third-order valence-corrected chi connectivity index (χ3v) is 7.62. The van der Waals surface area contributed by atoms with Crippen molar-refractivity contribution in [1.82, 2.24) is 5.32 Å². The van der Waals surface area contributed by atoms with Gasteiger partial charge in [-0.05, 0) is 73.0 Å². The molecule has 44 heavy (non-hydrogen) atoms. The van der Waals surface area contributed by atoms with Gasteiger partial charge in [0.15, 0.2) is 0 Å². The van der Waals surface area contributed by atoms with Gasteiger partial charge in [0.2, 0.25) is 5.91 Å². The van der Waals surface area contributed by atoms with Crippen LogP contribution in [0.5, 0.6) is 5.75 Å². The van der Waals surface area contributed by atoms with Gasteiger partial charge in [-0.1, -0.05) is 72.8 Å². The molecule has 4 aromatic carbocycles. The number of rotatable bonds is 12. The van der Waals surface area contributed by atoms with Gasteiger partial charge in [0, 0.05) is 29.2 Å². The van der Waals surface area contributed by atoms with Crippen LogP contribution in [0.1, 0.15) is 51.9 Å². The summed E-state index contributed by atoms with van der Waals surface area (Å²) in [4.78, 5) is 36.6. The minimum absolute atomic E-state index is 0.136. The van der Waals surface area contributed by atoms with Crippen LogP contribution in [0.15, 0.2) is 121 Å². The maximum atomic E-state index is 12.6. The molecule has 0 spiro atoms. The fourth-order valence-electron chi connectivity index (χ4n) is 5.26. The van der Waals surface area contributed by atoms with Crippen molar-refractivity contribution >= 4 is 17.8 Å². The topological polar surface area (TPSA) is 117 Å². The predicted octanol–water partition coefficient (Wildman–Crippen LogP) is 5.37. The second-order valence-electron chi connectivity index (χ2n) is 10.6. The zero-order chi connectivity index (χ0) is 30.9. The van der Waals surface area contributed by atoms with Gasteiger partial charge in [-0.3, -0.25) is 4.79 Å². The van der Waals surface area contributed by atoms with E-state index in [4.69, 9.17) is 19.9 Å². The number of nitrogens with two attached hydrogens (primary N) is 1. The molecule has 224 valence electrons. The summed E-state index contributed by atoms with van der Waals surface area (Å²) in [5.41, 5.74) is 9.45. The Morgan fingerprint density at radius 3 is 1.86 bits per heavy atom. The molecule has 8 nitrogen and oxygen atoms in total. The summed E-state index contributed by atoms with van der Waals surface area (Å²) in [7, 11) is 0. The Bertz CT molecular complexity index is 1540. The normalized spacial score (nSPS) is 14.8. The van der Waals surface area contributed by atoms with E-state index >= 15 is 0 Å². The second kappa shape index (κ2) is 13.8. The van der Waals surface area contributed by atoms with E-state index < -0.39 is 29.7 Å². The van der Waals surface area contributed by atoms with E-state index in [-0.39, 0.29) is 12.5 Å². The SMILES string of the molecule is CC(NCCC(c1ccccc1)c1ccccc1)C1(c2ccc(OCc3ccc(C(N)=O)cc3)cc2)OC(=O)C=CC(=O)O1. The van der Waals surface area contributed by atoms with Crippen molar-refractivity contribution in [1.29, 1.82) is 0 Å². The number of ether oxygens (including phenoxy) is 3. The maximum absolute atomic E-state index is 12.6. The molecule has 1 aliphatic heterocycles. The first-order valence-electron chi connectivity index (χ1n) is 14.4. The number of primary amides is 1. The number of carbonyl (C=O) groups is 3. The summed E-state index contributed by atoms with van der Waals surface area (Å²) in [6.45, 7) is 2.64. The molecule has 0 bridgehead atoms. The number of nitrogens with one attached hydrogen (secondary N) is 1. The Balaban J connectivity index is 1.32. The van der Waals surface area contributed by atoms with Crippen LogP contribution in [0.4, 0.5) is 0 Å². The van der Waals surface area contributed by atoms with Gasteiger partial charge < -0.3 is 25.3 Å². The molecule has 0 radical (unpaired) electrons. The number of carbonyl (C=O) groups excluding carboxylic acids is 3. The lowest BCUT2D eigenvalue weighted by molar-refractivity contribution is -0.236. The molecule has 0 fully saturated rings. The molecule has 0 saturated heterocycles. The van der Waals surface area contributed by atoms with Crippen molar-refractivity contribution < 1.29 is 28.6 Å². The van der Waals surface area contributed by atoms with E-state index in [1.54, 1.807) is 48.5 Å². The van der Waals surface area contributed by atoms with Crippen molar-refractivity contribution in [2.75, 3.05) is 6.54 Å². The Labute approximate surface area is 256 Å². The second-order valence-corrected chi connectivity index (χ2v) is 10.6. The van der Waals surface area contributed by atoms with Crippen LogP contribution in [0.3, 0.4) is 0 Å². The molecule has 0 aromatic heterocycles. The molecule has 1 heterocycles. The summed E-state index contributed by atoms with van der Waals surface area (Å²) < 4.78 is 17.6. The fourth-order valence-corrected chi connectivity index (χ4v) is 5.26. The lowest BCUT2D eigenvalue weighted by Gasteiger charge is -2.37. The minimum Gasteiger partial charge on any atom is -0.489 e. The van der Waals surface area contributed by atoms with Gasteiger partial charge in [-0.25, -0.2) is 9.59 Å². The molecule has 5 rings (SSSR count). The number of benzene rings is 4. The predicted molar refractivity (Wildman–Crippen MR) is 166 cm³/mol. The van der Waals surface area contributed by atoms with Crippen molar-refractivity contribution in [3.05, 3.63) is 149 Å². The first kappa shape index (κ1) is 30.3. The Morgan fingerprint density at radius 2 is 1.34 bits per heavy atom. The molecule has 1 aliphatic rings. The molecule has 3 N–H and O–H groups in total. The highest BCUT2D eigenvalue weighted by Crippen LogP contribution is 2.35. The van der Waals surface area contributed by atoms with Crippen LogP contribution < -0.4 is 15.8 Å². The molecule has 0 saturated carbocycles. The first-order valence-corrected chi connectivity index (χ1v) is 14.4. The summed E-state index contributed by atoms with van der Waals surface area (Å²) in [6.07, 6.45) is 2.89. The number of hydrogen-bond acceptors (Lipinski definition) is 7. The zero-order valence-corrected chi connectivity index (χ0v) is 24.3. The molecule has 1 atom stereocenters. The smallest absolute Gasteiger partial charge is 0.334 e. The van der Waals surface area contributed by atoms with Crippen LogP contribution in [-0.4, -0.2) is 30.4 Å². The van der Waals surface area contributed by atoms with Gasteiger partial charge in [-0.15, -0.1) is 0 Å². The minimum atomic E-state index is -1.71. The van der Waals surface area contributed by atoms with Crippen LogP contribution in [0.2, 0.25) is 0 Å². The van der Waals surface area contributed by atoms with Gasteiger partial charge in [-0.2, -0.15) is 0 Å². The van der Waals surface area contributed by atoms with E-state index in [0.717, 1.165) is 24.1 Å². The molecular weight excluding hydrogens is 556 g/mol. The van der Waals surface area contributed by atoms with Gasteiger partial charge in [0.1, 0.15) is 12.4 Å². The summed E-state index contributed by atoms with van der Waals surface area (Å²) in [6, 6.07) is 33.7.